The highest BCUT2D eigenvalue weighted by Crippen LogP contribution is 2.29. The summed E-state index contributed by atoms with van der Waals surface area (Å²) >= 11 is 5.85. The fourth-order valence-electron chi connectivity index (χ4n) is 3.13. The van der Waals surface area contributed by atoms with Crippen molar-refractivity contribution < 1.29 is 22.7 Å². The standard InChI is InChI=1S/C20H21ClF3N3O2/c1-14(29-17-6-4-16(21)5-7-17)19(28)27-10-2-9-26(11-12-27)18-8-3-15(13-25-18)20(22,23)24/h3-8,13-14H,2,9-12H2,1H3. The van der Waals surface area contributed by atoms with E-state index in [0.29, 0.717) is 49.2 Å². The predicted octanol–water partition coefficient (Wildman–Crippen LogP) is 4.26. The van der Waals surface area contributed by atoms with Crippen LogP contribution in [0, 0.1) is 0 Å². The number of ether oxygens (including phenoxy) is 1. The molecule has 2 heterocycles. The highest BCUT2D eigenvalue weighted by molar-refractivity contribution is 6.30. The third-order valence-corrected chi connectivity index (χ3v) is 4.93. The lowest BCUT2D eigenvalue weighted by molar-refractivity contribution is -0.138. The summed E-state index contributed by atoms with van der Waals surface area (Å²) in [4.78, 5) is 20.3. The van der Waals surface area contributed by atoms with E-state index in [1.54, 1.807) is 36.1 Å². The molecule has 1 atom stereocenters. The minimum absolute atomic E-state index is 0.137. The van der Waals surface area contributed by atoms with E-state index in [0.717, 1.165) is 12.3 Å². The number of aromatic nitrogens is 1. The van der Waals surface area contributed by atoms with Gasteiger partial charge >= 0.3 is 6.18 Å². The van der Waals surface area contributed by atoms with Crippen LogP contribution in [0.3, 0.4) is 0 Å². The average molecular weight is 428 g/mol. The van der Waals surface area contributed by atoms with Gasteiger partial charge in [0.1, 0.15) is 11.6 Å². The van der Waals surface area contributed by atoms with Gasteiger partial charge in [-0.1, -0.05) is 11.6 Å². The summed E-state index contributed by atoms with van der Waals surface area (Å²) < 4.78 is 43.8. The Balaban J connectivity index is 1.58. The number of rotatable bonds is 4. The number of anilines is 1. The molecule has 9 heteroatoms. The lowest BCUT2D eigenvalue weighted by Crippen LogP contribution is -2.42. The van der Waals surface area contributed by atoms with Gasteiger partial charge in [0, 0.05) is 37.4 Å². The van der Waals surface area contributed by atoms with Gasteiger partial charge in [0.25, 0.3) is 5.91 Å². The summed E-state index contributed by atoms with van der Waals surface area (Å²) in [6.07, 6.45) is -3.55. The van der Waals surface area contributed by atoms with Crippen molar-refractivity contribution in [2.24, 2.45) is 0 Å². The summed E-state index contributed by atoms with van der Waals surface area (Å²) in [5.41, 5.74) is -0.777. The smallest absolute Gasteiger partial charge is 0.417 e. The Morgan fingerprint density at radius 2 is 1.83 bits per heavy atom. The van der Waals surface area contributed by atoms with E-state index in [-0.39, 0.29) is 5.91 Å². The van der Waals surface area contributed by atoms with Gasteiger partial charge in [0.2, 0.25) is 0 Å². The Labute approximate surface area is 172 Å². The zero-order valence-electron chi connectivity index (χ0n) is 15.8. The van der Waals surface area contributed by atoms with E-state index in [1.165, 1.54) is 6.07 Å². The molecule has 5 nitrogen and oxygen atoms in total. The minimum Gasteiger partial charge on any atom is -0.481 e. The molecule has 2 aromatic rings. The van der Waals surface area contributed by atoms with Crippen LogP contribution in [0.5, 0.6) is 5.75 Å². The maximum Gasteiger partial charge on any atom is 0.417 e. The van der Waals surface area contributed by atoms with E-state index in [4.69, 9.17) is 16.3 Å². The average Bonchev–Trinajstić information content (AvgIpc) is 2.95. The molecule has 1 fully saturated rings. The topological polar surface area (TPSA) is 45.7 Å². The second-order valence-electron chi connectivity index (χ2n) is 6.78. The lowest BCUT2D eigenvalue weighted by atomic mass is 10.2. The van der Waals surface area contributed by atoms with Crippen molar-refractivity contribution in [3.8, 4) is 5.75 Å². The molecule has 29 heavy (non-hydrogen) atoms. The van der Waals surface area contributed by atoms with Crippen molar-refractivity contribution in [1.29, 1.82) is 0 Å². The zero-order chi connectivity index (χ0) is 21.0. The molecule has 0 radical (unpaired) electrons. The summed E-state index contributed by atoms with van der Waals surface area (Å²) in [5, 5.41) is 0.584. The van der Waals surface area contributed by atoms with E-state index < -0.39 is 17.8 Å². The van der Waals surface area contributed by atoms with Crippen LogP contribution in [0.15, 0.2) is 42.6 Å². The Bertz CT molecular complexity index is 828. The maximum atomic E-state index is 12.7. The number of alkyl halides is 3. The van der Waals surface area contributed by atoms with Crippen molar-refractivity contribution >= 4 is 23.3 Å². The van der Waals surface area contributed by atoms with Gasteiger partial charge in [-0.2, -0.15) is 13.2 Å². The Morgan fingerprint density at radius 1 is 1.10 bits per heavy atom. The van der Waals surface area contributed by atoms with E-state index in [1.807, 2.05) is 4.90 Å². The van der Waals surface area contributed by atoms with E-state index in [9.17, 15) is 18.0 Å². The van der Waals surface area contributed by atoms with Crippen LogP contribution in [0.25, 0.3) is 0 Å². The largest absolute Gasteiger partial charge is 0.481 e. The fraction of sp³-hybridized carbons (Fsp3) is 0.400. The maximum absolute atomic E-state index is 12.7. The molecule has 1 aliphatic rings. The van der Waals surface area contributed by atoms with Crippen LogP contribution < -0.4 is 9.64 Å². The van der Waals surface area contributed by atoms with Gasteiger partial charge in [-0.15, -0.1) is 0 Å². The monoisotopic (exact) mass is 427 g/mol. The van der Waals surface area contributed by atoms with Gasteiger partial charge < -0.3 is 14.5 Å². The molecule has 0 bridgehead atoms. The predicted molar refractivity (Wildman–Crippen MR) is 104 cm³/mol. The third kappa shape index (κ3) is 5.53. The third-order valence-electron chi connectivity index (χ3n) is 4.68. The molecule has 0 N–H and O–H groups in total. The first-order chi connectivity index (χ1) is 13.7. The lowest BCUT2D eigenvalue weighted by Gasteiger charge is -2.25. The molecular formula is C20H21ClF3N3O2. The number of carbonyl (C=O) groups is 1. The first kappa shape index (κ1) is 21.2. The van der Waals surface area contributed by atoms with Gasteiger partial charge in [-0.05, 0) is 49.7 Å². The van der Waals surface area contributed by atoms with E-state index in [2.05, 4.69) is 4.98 Å². The van der Waals surface area contributed by atoms with Crippen LogP contribution >= 0.6 is 11.6 Å². The molecule has 156 valence electrons. The van der Waals surface area contributed by atoms with Crippen LogP contribution in [0.1, 0.15) is 18.9 Å². The number of carbonyl (C=O) groups excluding carboxylic acids is 1. The minimum atomic E-state index is -4.41. The van der Waals surface area contributed by atoms with Crippen molar-refractivity contribution in [3.05, 3.63) is 53.2 Å². The van der Waals surface area contributed by atoms with Gasteiger partial charge in [0.05, 0.1) is 5.56 Å². The van der Waals surface area contributed by atoms with Crippen molar-refractivity contribution in [1.82, 2.24) is 9.88 Å². The Kier molecular flexibility index (Phi) is 6.52. The molecule has 0 spiro atoms. The normalized spacial score (nSPS) is 16.3. The Hall–Kier alpha value is -2.48. The van der Waals surface area contributed by atoms with Crippen molar-refractivity contribution in [2.45, 2.75) is 25.6 Å². The molecule has 3 rings (SSSR count). The van der Waals surface area contributed by atoms with Crippen LogP contribution in [-0.4, -0.2) is 48.1 Å². The van der Waals surface area contributed by atoms with Crippen molar-refractivity contribution in [3.63, 3.8) is 0 Å². The van der Waals surface area contributed by atoms with Crippen LogP contribution in [0.2, 0.25) is 5.02 Å². The second-order valence-corrected chi connectivity index (χ2v) is 7.22. The number of halogens is 4. The fourth-order valence-corrected chi connectivity index (χ4v) is 3.26. The van der Waals surface area contributed by atoms with E-state index >= 15 is 0 Å². The molecule has 0 aliphatic carbocycles. The van der Waals surface area contributed by atoms with Crippen molar-refractivity contribution in [2.75, 3.05) is 31.1 Å². The van der Waals surface area contributed by atoms with Gasteiger partial charge in [-0.3, -0.25) is 4.79 Å². The summed E-state index contributed by atoms with van der Waals surface area (Å²) in [7, 11) is 0. The van der Waals surface area contributed by atoms with Gasteiger partial charge in [0.15, 0.2) is 6.10 Å². The number of benzene rings is 1. The summed E-state index contributed by atoms with van der Waals surface area (Å²) in [5.74, 6) is 0.889. The second kappa shape index (κ2) is 8.90. The Morgan fingerprint density at radius 3 is 2.45 bits per heavy atom. The molecule has 0 saturated carbocycles. The number of amides is 1. The molecule has 1 amide bonds. The first-order valence-corrected chi connectivity index (χ1v) is 9.61. The summed E-state index contributed by atoms with van der Waals surface area (Å²) in [6, 6.07) is 9.17. The quantitative estimate of drug-likeness (QED) is 0.731. The molecule has 1 unspecified atom stereocenters. The SMILES string of the molecule is CC(Oc1ccc(Cl)cc1)C(=O)N1CCCN(c2ccc(C(F)(F)F)cn2)CC1. The number of hydrogen-bond acceptors (Lipinski definition) is 4. The number of hydrogen-bond donors (Lipinski definition) is 0. The highest BCUT2D eigenvalue weighted by Gasteiger charge is 2.31. The molecule has 1 aromatic heterocycles. The molecule has 1 saturated heterocycles. The summed E-state index contributed by atoms with van der Waals surface area (Å²) in [6.45, 7) is 3.77. The number of nitrogens with zero attached hydrogens (tertiary/aromatic N) is 3. The molecule has 1 aliphatic heterocycles. The first-order valence-electron chi connectivity index (χ1n) is 9.23. The van der Waals surface area contributed by atoms with Crippen LogP contribution in [-0.2, 0) is 11.0 Å². The highest BCUT2D eigenvalue weighted by atomic mass is 35.5. The molecule has 1 aromatic carbocycles. The van der Waals surface area contributed by atoms with Gasteiger partial charge in [-0.25, -0.2) is 4.98 Å². The molecular weight excluding hydrogens is 407 g/mol. The van der Waals surface area contributed by atoms with Crippen LogP contribution in [0.4, 0.5) is 19.0 Å². The number of pyridine rings is 1. The zero-order valence-corrected chi connectivity index (χ0v) is 16.6.